The third-order valence-corrected chi connectivity index (χ3v) is 6.03. The van der Waals surface area contributed by atoms with Gasteiger partial charge in [-0.1, -0.05) is 19.4 Å². The normalized spacial score (nSPS) is 18.4. The first-order valence-corrected chi connectivity index (χ1v) is 11.6. The van der Waals surface area contributed by atoms with Crippen LogP contribution in [0.25, 0.3) is 0 Å². The number of aromatic nitrogens is 2. The highest BCUT2D eigenvalue weighted by Crippen LogP contribution is 2.44. The number of nitrogens with zero attached hydrogens (tertiary/aromatic N) is 2. The molecule has 1 fully saturated rings. The molecule has 0 aliphatic carbocycles. The van der Waals surface area contributed by atoms with E-state index >= 15 is 0 Å². The predicted octanol–water partition coefficient (Wildman–Crippen LogP) is 1.27. The number of nitriles is 1. The van der Waals surface area contributed by atoms with E-state index in [1.165, 1.54) is 4.90 Å². The first-order chi connectivity index (χ1) is 16.2. The molecule has 9 nitrogen and oxygen atoms in total. The Bertz CT molecular complexity index is 1040. The van der Waals surface area contributed by atoms with E-state index in [9.17, 15) is 5.26 Å². The fourth-order valence-electron chi connectivity index (χ4n) is 4.39. The first kappa shape index (κ1) is 23.0. The van der Waals surface area contributed by atoms with Gasteiger partial charge < -0.3 is 29.6 Å². The van der Waals surface area contributed by atoms with Crippen LogP contribution in [0.15, 0.2) is 29.7 Å². The fourth-order valence-corrected chi connectivity index (χ4v) is 4.39. The van der Waals surface area contributed by atoms with Crippen molar-refractivity contribution in [2.75, 3.05) is 46.1 Å². The summed E-state index contributed by atoms with van der Waals surface area (Å²) in [5, 5.41) is 17.2. The molecule has 3 heterocycles. The minimum atomic E-state index is -0.384. The molecule has 1 aromatic heterocycles. The average molecular weight is 455 g/mol. The topological polar surface area (TPSA) is 120 Å². The second kappa shape index (κ2) is 10.6. The Balaban J connectivity index is 1.62. The number of H-pyrrole nitrogens is 1. The lowest BCUT2D eigenvalue weighted by molar-refractivity contribution is -0.908. The molecule has 2 aliphatic rings. The Labute approximate surface area is 194 Å². The van der Waals surface area contributed by atoms with E-state index in [4.69, 9.17) is 24.7 Å². The van der Waals surface area contributed by atoms with Crippen LogP contribution in [-0.4, -0.2) is 56.3 Å². The molecule has 1 aromatic carbocycles. The Morgan fingerprint density at radius 2 is 2.06 bits per heavy atom. The van der Waals surface area contributed by atoms with Gasteiger partial charge in [-0.05, 0) is 31.0 Å². The number of rotatable bonds is 9. The van der Waals surface area contributed by atoms with E-state index in [-0.39, 0.29) is 11.8 Å². The van der Waals surface area contributed by atoms with Crippen LogP contribution in [0, 0.1) is 11.3 Å². The van der Waals surface area contributed by atoms with Crippen molar-refractivity contribution in [3.63, 3.8) is 0 Å². The number of nitrogens with two attached hydrogens (primary N) is 1. The van der Waals surface area contributed by atoms with Crippen molar-refractivity contribution in [1.29, 1.82) is 5.26 Å². The van der Waals surface area contributed by atoms with Gasteiger partial charge in [0.1, 0.15) is 37.9 Å². The van der Waals surface area contributed by atoms with Gasteiger partial charge in [-0.25, -0.2) is 0 Å². The maximum absolute atomic E-state index is 9.88. The molecule has 9 heteroatoms. The molecular weight excluding hydrogens is 422 g/mol. The number of aryl methyl sites for hydroxylation is 1. The van der Waals surface area contributed by atoms with Crippen LogP contribution in [0.3, 0.4) is 0 Å². The van der Waals surface area contributed by atoms with E-state index in [0.29, 0.717) is 36.2 Å². The summed E-state index contributed by atoms with van der Waals surface area (Å²) in [6.45, 7) is 9.64. The molecule has 176 valence electrons. The summed E-state index contributed by atoms with van der Waals surface area (Å²) in [7, 11) is 0. The molecule has 33 heavy (non-hydrogen) atoms. The third-order valence-electron chi connectivity index (χ3n) is 6.03. The van der Waals surface area contributed by atoms with Gasteiger partial charge in [-0.15, -0.1) is 5.10 Å². The number of fused-ring (bicyclic) bond motifs is 1. The van der Waals surface area contributed by atoms with Crippen molar-refractivity contribution >= 4 is 0 Å². The van der Waals surface area contributed by atoms with Gasteiger partial charge in [-0.3, -0.25) is 5.10 Å². The molecule has 2 aromatic rings. The lowest BCUT2D eigenvalue weighted by Crippen LogP contribution is -3.14. The molecule has 0 unspecified atom stereocenters. The van der Waals surface area contributed by atoms with Gasteiger partial charge in [0.05, 0.1) is 25.7 Å². The minimum absolute atomic E-state index is 0.0799. The van der Waals surface area contributed by atoms with Gasteiger partial charge in [0.25, 0.3) is 0 Å². The van der Waals surface area contributed by atoms with E-state index in [1.807, 2.05) is 25.1 Å². The van der Waals surface area contributed by atoms with Crippen LogP contribution < -0.4 is 24.8 Å². The zero-order valence-corrected chi connectivity index (χ0v) is 19.3. The lowest BCUT2D eigenvalue weighted by Gasteiger charge is -2.25. The predicted molar refractivity (Wildman–Crippen MR) is 121 cm³/mol. The standard InChI is InChI=1S/C24H31N5O4/c1-3-5-18-22-21(17(15-25)23(26)33-24(22)28-27-18)16-6-7-19(20(14-16)31-4-2)32-13-10-29-8-11-30-12-9-29/h6-7,14,21H,3-5,8-13,26H2,1-2H3,(H,27,28)/p+1/t21-/m1/s1. The molecule has 0 bridgehead atoms. The summed E-state index contributed by atoms with van der Waals surface area (Å²) in [5.41, 5.74) is 9.15. The summed E-state index contributed by atoms with van der Waals surface area (Å²) < 4.78 is 23.1. The monoisotopic (exact) mass is 454 g/mol. The van der Waals surface area contributed by atoms with Gasteiger partial charge in [0.15, 0.2) is 11.5 Å². The summed E-state index contributed by atoms with van der Waals surface area (Å²) in [4.78, 5) is 1.48. The Morgan fingerprint density at radius 3 is 2.79 bits per heavy atom. The first-order valence-electron chi connectivity index (χ1n) is 11.6. The fraction of sp³-hybridized carbons (Fsp3) is 0.500. The van der Waals surface area contributed by atoms with E-state index in [2.05, 4.69) is 23.2 Å². The second-order valence-electron chi connectivity index (χ2n) is 8.20. The average Bonchev–Trinajstić information content (AvgIpc) is 3.22. The number of quaternary nitrogens is 1. The largest absolute Gasteiger partial charge is 0.490 e. The summed E-state index contributed by atoms with van der Waals surface area (Å²) >= 11 is 0. The van der Waals surface area contributed by atoms with Crippen LogP contribution in [-0.2, 0) is 11.2 Å². The number of hydrogen-bond acceptors (Lipinski definition) is 7. The maximum atomic E-state index is 9.88. The summed E-state index contributed by atoms with van der Waals surface area (Å²) in [6, 6.07) is 8.06. The van der Waals surface area contributed by atoms with Crippen LogP contribution in [0.5, 0.6) is 17.4 Å². The van der Waals surface area contributed by atoms with E-state index < -0.39 is 0 Å². The number of hydrogen-bond donors (Lipinski definition) is 3. The number of allylic oxidation sites excluding steroid dienone is 1. The molecular formula is C24H32N5O4+. The molecule has 4 N–H and O–H groups in total. The highest BCUT2D eigenvalue weighted by Gasteiger charge is 2.35. The third kappa shape index (κ3) is 4.92. The minimum Gasteiger partial charge on any atom is -0.490 e. The van der Waals surface area contributed by atoms with Crippen LogP contribution in [0.1, 0.15) is 43.0 Å². The summed E-state index contributed by atoms with van der Waals surface area (Å²) in [6.07, 6.45) is 1.73. The van der Waals surface area contributed by atoms with Gasteiger partial charge in [-0.2, -0.15) is 5.26 Å². The van der Waals surface area contributed by atoms with Gasteiger partial charge >= 0.3 is 0 Å². The Kier molecular flexibility index (Phi) is 7.37. The number of aromatic amines is 1. The highest BCUT2D eigenvalue weighted by atomic mass is 16.5. The Morgan fingerprint density at radius 1 is 1.24 bits per heavy atom. The maximum Gasteiger partial charge on any atom is 0.244 e. The summed E-state index contributed by atoms with van der Waals surface area (Å²) in [5.74, 6) is 1.46. The quantitative estimate of drug-likeness (QED) is 0.522. The van der Waals surface area contributed by atoms with Crippen LogP contribution in [0.4, 0.5) is 0 Å². The second-order valence-corrected chi connectivity index (χ2v) is 8.20. The number of nitrogens with one attached hydrogen (secondary N) is 2. The van der Waals surface area contributed by atoms with Crippen molar-refractivity contribution in [3.8, 4) is 23.4 Å². The smallest absolute Gasteiger partial charge is 0.244 e. The molecule has 1 saturated heterocycles. The number of morpholine rings is 1. The molecule has 2 aliphatic heterocycles. The molecule has 4 rings (SSSR count). The van der Waals surface area contributed by atoms with Crippen molar-refractivity contribution in [1.82, 2.24) is 10.2 Å². The highest BCUT2D eigenvalue weighted by molar-refractivity contribution is 5.57. The van der Waals surface area contributed by atoms with Crippen molar-refractivity contribution < 1.29 is 23.8 Å². The van der Waals surface area contributed by atoms with E-state index in [1.54, 1.807) is 0 Å². The van der Waals surface area contributed by atoms with Crippen molar-refractivity contribution in [3.05, 3.63) is 46.5 Å². The van der Waals surface area contributed by atoms with E-state index in [0.717, 1.165) is 62.5 Å². The van der Waals surface area contributed by atoms with Gasteiger partial charge in [0.2, 0.25) is 11.8 Å². The zero-order chi connectivity index (χ0) is 23.2. The SMILES string of the molecule is CCCc1[nH]nc2c1[C@H](c1ccc(OCC[NH+]3CCOCC3)c(OCC)c1)C(C#N)=C(N)O2. The molecule has 0 saturated carbocycles. The van der Waals surface area contributed by atoms with Crippen LogP contribution in [0.2, 0.25) is 0 Å². The molecule has 0 spiro atoms. The number of benzene rings is 1. The van der Waals surface area contributed by atoms with Crippen LogP contribution >= 0.6 is 0 Å². The van der Waals surface area contributed by atoms with Crippen molar-refractivity contribution in [2.24, 2.45) is 5.73 Å². The molecule has 0 radical (unpaired) electrons. The van der Waals surface area contributed by atoms with Crippen molar-refractivity contribution in [2.45, 2.75) is 32.6 Å². The van der Waals surface area contributed by atoms with Gasteiger partial charge in [0, 0.05) is 11.3 Å². The zero-order valence-electron chi connectivity index (χ0n) is 19.3. The molecule has 1 atom stereocenters. The number of ether oxygens (including phenoxy) is 4. The lowest BCUT2D eigenvalue weighted by atomic mass is 9.83. The molecule has 0 amide bonds. The Hall–Kier alpha value is -3.22.